The van der Waals surface area contributed by atoms with Crippen LogP contribution in [0.1, 0.15) is 37.5 Å². The van der Waals surface area contributed by atoms with Crippen molar-refractivity contribution in [1.82, 2.24) is 0 Å². The van der Waals surface area contributed by atoms with Gasteiger partial charge in [-0.05, 0) is 53.3 Å². The number of primary amides is 1. The molecule has 0 saturated carbocycles. The van der Waals surface area contributed by atoms with E-state index in [2.05, 4.69) is 4.74 Å². The van der Waals surface area contributed by atoms with E-state index in [9.17, 15) is 18.0 Å². The number of fused-ring (bicyclic) bond motifs is 1. The van der Waals surface area contributed by atoms with Crippen LogP contribution in [0.3, 0.4) is 0 Å². The Morgan fingerprint density at radius 3 is 2.52 bits per heavy atom. The predicted molar refractivity (Wildman–Crippen MR) is 94.1 cm³/mol. The van der Waals surface area contributed by atoms with Gasteiger partial charge in [0.2, 0.25) is 0 Å². The van der Waals surface area contributed by atoms with Crippen LogP contribution in [0.2, 0.25) is 0 Å². The summed E-state index contributed by atoms with van der Waals surface area (Å²) in [5.41, 5.74) is 8.08. The molecule has 27 heavy (non-hydrogen) atoms. The highest BCUT2D eigenvalue weighted by atomic mass is 19.4. The molecule has 0 radical (unpaired) electrons. The fourth-order valence-electron chi connectivity index (χ4n) is 3.47. The molecule has 4 nitrogen and oxygen atoms in total. The average Bonchev–Trinajstić information content (AvgIpc) is 2.55. The maximum atomic E-state index is 12.5. The highest BCUT2D eigenvalue weighted by Crippen LogP contribution is 2.46. The summed E-state index contributed by atoms with van der Waals surface area (Å²) >= 11 is 0. The molecular formula is C20H20F3NO3. The summed E-state index contributed by atoms with van der Waals surface area (Å²) in [5.74, 6) is -0.289. The van der Waals surface area contributed by atoms with Crippen molar-refractivity contribution in [1.29, 1.82) is 0 Å². The Kier molecular flexibility index (Phi) is 4.80. The number of hydrogen-bond acceptors (Lipinski definition) is 3. The first-order valence-electron chi connectivity index (χ1n) is 8.50. The summed E-state index contributed by atoms with van der Waals surface area (Å²) in [6.07, 6.45) is -4.48. The van der Waals surface area contributed by atoms with E-state index in [1.54, 1.807) is 6.07 Å². The number of aryl methyl sites for hydroxylation is 1. The zero-order valence-electron chi connectivity index (χ0n) is 15.0. The molecule has 1 unspecified atom stereocenters. The van der Waals surface area contributed by atoms with Gasteiger partial charge in [0, 0.05) is 5.41 Å². The number of carbonyl (C=O) groups excluding carboxylic acids is 1. The summed E-state index contributed by atoms with van der Waals surface area (Å²) in [6.45, 7) is 3.99. The van der Waals surface area contributed by atoms with E-state index in [-0.39, 0.29) is 11.2 Å². The van der Waals surface area contributed by atoms with Crippen LogP contribution in [0.25, 0.3) is 11.1 Å². The van der Waals surface area contributed by atoms with Gasteiger partial charge >= 0.3 is 12.5 Å². The van der Waals surface area contributed by atoms with Crippen LogP contribution >= 0.6 is 0 Å². The molecule has 2 aromatic carbocycles. The van der Waals surface area contributed by atoms with Gasteiger partial charge in [-0.2, -0.15) is 0 Å². The number of amides is 1. The van der Waals surface area contributed by atoms with E-state index in [0.717, 1.165) is 24.0 Å². The van der Waals surface area contributed by atoms with Crippen molar-refractivity contribution in [2.45, 2.75) is 39.2 Å². The zero-order chi connectivity index (χ0) is 19.8. The van der Waals surface area contributed by atoms with Crippen LogP contribution < -0.4 is 10.5 Å². The molecule has 0 spiro atoms. The first-order valence-corrected chi connectivity index (χ1v) is 8.50. The Balaban J connectivity index is 2.00. The average molecular weight is 379 g/mol. The number of benzene rings is 2. The lowest BCUT2D eigenvalue weighted by Crippen LogP contribution is -2.33. The molecule has 2 aromatic rings. The van der Waals surface area contributed by atoms with Crippen molar-refractivity contribution in [3.8, 4) is 16.9 Å². The molecule has 7 heteroatoms. The molecule has 0 fully saturated rings. The van der Waals surface area contributed by atoms with Crippen molar-refractivity contribution in [3.63, 3.8) is 0 Å². The molecule has 0 bridgehead atoms. The zero-order valence-corrected chi connectivity index (χ0v) is 15.0. The quantitative estimate of drug-likeness (QED) is 0.781. The van der Waals surface area contributed by atoms with E-state index in [0.29, 0.717) is 11.1 Å². The molecular weight excluding hydrogens is 359 g/mol. The highest BCUT2D eigenvalue weighted by molar-refractivity contribution is 5.68. The molecule has 1 atom stereocenters. The van der Waals surface area contributed by atoms with E-state index < -0.39 is 18.6 Å². The number of nitrogens with two attached hydrogens (primary N) is 1. The fraction of sp³-hybridized carbons (Fsp3) is 0.350. The van der Waals surface area contributed by atoms with E-state index in [4.69, 9.17) is 10.5 Å². The lowest BCUT2D eigenvalue weighted by Gasteiger charge is -2.39. The summed E-state index contributed by atoms with van der Waals surface area (Å²) in [7, 11) is 0. The van der Waals surface area contributed by atoms with E-state index in [1.165, 1.54) is 18.2 Å². The molecule has 2 N–H and O–H groups in total. The number of carbonyl (C=O) groups is 1. The van der Waals surface area contributed by atoms with Gasteiger partial charge in [0.25, 0.3) is 0 Å². The maximum Gasteiger partial charge on any atom is 0.573 e. The standard InChI is InChI=1S/C20H20F3NO3/c1-19(2)9-8-12-6-7-14(11-16(12)17(19)26-18(24)25)13-4-3-5-15(10-13)27-20(21,22)23/h3-7,10-11,17H,8-9H2,1-2H3,(H2,24,25). The summed E-state index contributed by atoms with van der Waals surface area (Å²) < 4.78 is 46.8. The monoisotopic (exact) mass is 379 g/mol. The maximum absolute atomic E-state index is 12.5. The summed E-state index contributed by atoms with van der Waals surface area (Å²) in [6, 6.07) is 11.4. The molecule has 1 aliphatic carbocycles. The largest absolute Gasteiger partial charge is 0.573 e. The van der Waals surface area contributed by atoms with Gasteiger partial charge in [-0.15, -0.1) is 13.2 Å². The van der Waals surface area contributed by atoms with Crippen molar-refractivity contribution < 1.29 is 27.4 Å². The molecule has 0 aromatic heterocycles. The van der Waals surface area contributed by atoms with Gasteiger partial charge in [-0.25, -0.2) is 4.79 Å². The van der Waals surface area contributed by atoms with E-state index >= 15 is 0 Å². The third-order valence-electron chi connectivity index (χ3n) is 4.81. The number of rotatable bonds is 3. The van der Waals surface area contributed by atoms with Crippen molar-refractivity contribution in [2.24, 2.45) is 11.1 Å². The van der Waals surface area contributed by atoms with Gasteiger partial charge in [0.15, 0.2) is 0 Å². The Labute approximate surface area is 155 Å². The summed E-state index contributed by atoms with van der Waals surface area (Å²) in [5, 5.41) is 0. The van der Waals surface area contributed by atoms with Gasteiger partial charge in [0.05, 0.1) is 0 Å². The number of ether oxygens (including phenoxy) is 2. The number of halogens is 3. The smallest absolute Gasteiger partial charge is 0.441 e. The molecule has 1 amide bonds. The lowest BCUT2D eigenvalue weighted by atomic mass is 9.71. The van der Waals surface area contributed by atoms with Gasteiger partial charge in [-0.1, -0.05) is 38.1 Å². The second-order valence-corrected chi connectivity index (χ2v) is 7.29. The molecule has 3 rings (SSSR count). The minimum atomic E-state index is -4.75. The molecule has 0 heterocycles. The first kappa shape index (κ1) is 19.1. The number of hydrogen-bond donors (Lipinski definition) is 1. The van der Waals surface area contributed by atoms with Gasteiger partial charge < -0.3 is 15.2 Å². The van der Waals surface area contributed by atoms with Gasteiger partial charge in [0.1, 0.15) is 11.9 Å². The topological polar surface area (TPSA) is 61.6 Å². The Hall–Kier alpha value is -2.70. The van der Waals surface area contributed by atoms with Crippen LogP contribution in [0.4, 0.5) is 18.0 Å². The Bertz CT molecular complexity index is 862. The lowest BCUT2D eigenvalue weighted by molar-refractivity contribution is -0.274. The van der Waals surface area contributed by atoms with E-state index in [1.807, 2.05) is 32.0 Å². The SMILES string of the molecule is CC1(C)CCc2ccc(-c3cccc(OC(F)(F)F)c3)cc2C1OC(N)=O. The molecule has 0 saturated heterocycles. The van der Waals surface area contributed by atoms with Gasteiger partial charge in [-0.3, -0.25) is 0 Å². The second kappa shape index (κ2) is 6.79. The molecule has 0 aliphatic heterocycles. The summed E-state index contributed by atoms with van der Waals surface area (Å²) in [4.78, 5) is 11.4. The van der Waals surface area contributed by atoms with Crippen molar-refractivity contribution in [2.75, 3.05) is 0 Å². The third-order valence-corrected chi connectivity index (χ3v) is 4.81. The van der Waals surface area contributed by atoms with Crippen molar-refractivity contribution in [3.05, 3.63) is 53.6 Å². The van der Waals surface area contributed by atoms with Crippen LogP contribution in [-0.2, 0) is 11.2 Å². The first-order chi connectivity index (χ1) is 12.5. The van der Waals surface area contributed by atoms with Crippen LogP contribution in [0.5, 0.6) is 5.75 Å². The predicted octanol–water partition coefficient (Wildman–Crippen LogP) is 5.36. The Morgan fingerprint density at radius 1 is 1.15 bits per heavy atom. The minimum Gasteiger partial charge on any atom is -0.441 e. The van der Waals surface area contributed by atoms with Crippen LogP contribution in [-0.4, -0.2) is 12.5 Å². The normalized spacial score (nSPS) is 18.5. The third kappa shape index (κ3) is 4.35. The molecule has 144 valence electrons. The van der Waals surface area contributed by atoms with Crippen LogP contribution in [0, 0.1) is 5.41 Å². The van der Waals surface area contributed by atoms with Crippen LogP contribution in [0.15, 0.2) is 42.5 Å². The molecule has 1 aliphatic rings. The minimum absolute atomic E-state index is 0.289. The second-order valence-electron chi connectivity index (χ2n) is 7.29. The fourth-order valence-corrected chi connectivity index (χ4v) is 3.47. The van der Waals surface area contributed by atoms with Crippen molar-refractivity contribution >= 4 is 6.09 Å². The number of alkyl halides is 3. The highest BCUT2D eigenvalue weighted by Gasteiger charge is 2.38. The Morgan fingerprint density at radius 2 is 1.85 bits per heavy atom.